The van der Waals surface area contributed by atoms with E-state index in [0.717, 1.165) is 12.0 Å². The molecule has 2 saturated heterocycles. The van der Waals surface area contributed by atoms with Crippen LogP contribution in [-0.2, 0) is 19.1 Å². The Morgan fingerprint density at radius 3 is 2.23 bits per heavy atom. The molecule has 0 aliphatic carbocycles. The minimum Gasteiger partial charge on any atom is -0.394 e. The van der Waals surface area contributed by atoms with Crippen LogP contribution < -0.4 is 0 Å². The van der Waals surface area contributed by atoms with Crippen molar-refractivity contribution in [3.05, 3.63) is 60.2 Å². The van der Waals surface area contributed by atoms with Crippen LogP contribution in [0.1, 0.15) is 59.6 Å². The molecule has 1 spiro atoms. The van der Waals surface area contributed by atoms with E-state index in [0.29, 0.717) is 13.1 Å². The number of carbonyl (C=O) groups is 3. The maximum absolute atomic E-state index is 14.8. The third kappa shape index (κ3) is 4.31. The maximum atomic E-state index is 14.8. The van der Waals surface area contributed by atoms with Crippen LogP contribution >= 0.6 is 0 Å². The largest absolute Gasteiger partial charge is 0.394 e. The zero-order chi connectivity index (χ0) is 29.3. The fraction of sp³-hybridized carbons (Fsp3) is 0.594. The van der Waals surface area contributed by atoms with Gasteiger partial charge in [-0.1, -0.05) is 75.4 Å². The fourth-order valence-electron chi connectivity index (χ4n) is 7.89. The Morgan fingerprint density at radius 1 is 0.950 bits per heavy atom. The smallest absolute Gasteiger partial charge is 0.249 e. The molecule has 4 aliphatic heterocycles. The molecule has 0 bridgehead atoms. The van der Waals surface area contributed by atoms with E-state index in [1.807, 2.05) is 66.5 Å². The third-order valence-corrected chi connectivity index (χ3v) is 9.08. The van der Waals surface area contributed by atoms with Crippen molar-refractivity contribution in [3.63, 3.8) is 0 Å². The van der Waals surface area contributed by atoms with Crippen molar-refractivity contribution in [2.45, 2.75) is 76.8 Å². The predicted octanol–water partition coefficient (Wildman–Crippen LogP) is 3.33. The van der Waals surface area contributed by atoms with Crippen LogP contribution in [0, 0.1) is 17.3 Å². The van der Waals surface area contributed by atoms with Gasteiger partial charge >= 0.3 is 0 Å². The zero-order valence-corrected chi connectivity index (χ0v) is 24.8. The number of rotatable bonds is 5. The van der Waals surface area contributed by atoms with Crippen LogP contribution in [0.5, 0.6) is 0 Å². The van der Waals surface area contributed by atoms with E-state index < -0.39 is 40.7 Å². The van der Waals surface area contributed by atoms with E-state index in [4.69, 9.17) is 4.74 Å². The molecule has 4 heterocycles. The average molecular weight is 550 g/mol. The van der Waals surface area contributed by atoms with Crippen LogP contribution in [-0.4, -0.2) is 87.1 Å². The van der Waals surface area contributed by atoms with Gasteiger partial charge in [-0.3, -0.25) is 14.4 Å². The molecule has 3 amide bonds. The normalized spacial score (nSPS) is 33.0. The Kier molecular flexibility index (Phi) is 6.82. The number of hydrogen-bond donors (Lipinski definition) is 1. The first-order chi connectivity index (χ1) is 18.7. The first kappa shape index (κ1) is 28.6. The monoisotopic (exact) mass is 549 g/mol. The third-order valence-electron chi connectivity index (χ3n) is 9.08. The minimum absolute atomic E-state index is 0.0464. The second-order valence-electron chi connectivity index (χ2n) is 13.9. The lowest BCUT2D eigenvalue weighted by Crippen LogP contribution is -2.60. The molecular formula is C32H43N3O5. The fourth-order valence-corrected chi connectivity index (χ4v) is 7.89. The van der Waals surface area contributed by atoms with E-state index in [-0.39, 0.29) is 29.7 Å². The number of carbonyl (C=O) groups excluding carboxylic acids is 3. The first-order valence-electron chi connectivity index (χ1n) is 14.3. The topological polar surface area (TPSA) is 90.4 Å². The summed E-state index contributed by atoms with van der Waals surface area (Å²) in [6.07, 6.45) is 8.31. The van der Waals surface area contributed by atoms with Crippen molar-refractivity contribution >= 4 is 17.7 Å². The molecule has 1 aromatic carbocycles. The predicted molar refractivity (Wildman–Crippen MR) is 152 cm³/mol. The molecule has 5 rings (SSSR count). The summed E-state index contributed by atoms with van der Waals surface area (Å²) >= 11 is 0. The van der Waals surface area contributed by atoms with Gasteiger partial charge in [-0.15, -0.1) is 0 Å². The van der Waals surface area contributed by atoms with Crippen LogP contribution in [0.3, 0.4) is 0 Å². The van der Waals surface area contributed by atoms with Crippen LogP contribution in [0.2, 0.25) is 0 Å². The van der Waals surface area contributed by atoms with Gasteiger partial charge in [0.25, 0.3) is 0 Å². The van der Waals surface area contributed by atoms with Crippen molar-refractivity contribution in [1.29, 1.82) is 0 Å². The Bertz CT molecular complexity index is 1250. The summed E-state index contributed by atoms with van der Waals surface area (Å²) in [4.78, 5) is 48.3. The number of benzene rings is 1. The summed E-state index contributed by atoms with van der Waals surface area (Å²) in [5.74, 6) is -2.47. The summed E-state index contributed by atoms with van der Waals surface area (Å²) in [5, 5.41) is 10.7. The molecule has 0 radical (unpaired) electrons. The van der Waals surface area contributed by atoms with E-state index >= 15 is 0 Å². The van der Waals surface area contributed by atoms with Crippen LogP contribution in [0.25, 0.3) is 0 Å². The van der Waals surface area contributed by atoms with Crippen molar-refractivity contribution in [2.75, 3.05) is 26.7 Å². The quantitative estimate of drug-likeness (QED) is 0.569. The molecule has 1 N–H and O–H groups in total. The highest BCUT2D eigenvalue weighted by atomic mass is 16.5. The number of likely N-dealkylation sites (tertiary alicyclic amines) is 1. The number of aliphatic hydroxyl groups excluding tert-OH is 1. The van der Waals surface area contributed by atoms with E-state index in [1.54, 1.807) is 11.9 Å². The van der Waals surface area contributed by atoms with Crippen molar-refractivity contribution in [3.8, 4) is 0 Å². The molecule has 0 aromatic heterocycles. The highest BCUT2D eigenvalue weighted by molar-refractivity contribution is 6.00. The molecule has 2 fully saturated rings. The molecule has 40 heavy (non-hydrogen) atoms. The standard InChI is InChI=1S/C32H43N3O5/c1-29(2,3)20-30(4,5)34-18-12-16-32-24(23-26(37)33(7)17-11-15-31(23,6)40-32)27(38)35(25(32)28(34)39)22(19-36)21-13-9-8-10-14-21/h8-16,22-25,36H,17-20H2,1-7H3/t22-,23+,24+,25?,31-,32+/m1/s1. The molecule has 216 valence electrons. The maximum Gasteiger partial charge on any atom is 0.249 e. The van der Waals surface area contributed by atoms with E-state index in [1.165, 1.54) is 4.90 Å². The van der Waals surface area contributed by atoms with E-state index in [9.17, 15) is 19.5 Å². The highest BCUT2D eigenvalue weighted by Crippen LogP contribution is 2.59. The van der Waals surface area contributed by atoms with Gasteiger partial charge in [-0.25, -0.2) is 0 Å². The number of ether oxygens (including phenoxy) is 1. The second kappa shape index (κ2) is 9.55. The number of aliphatic hydroxyl groups is 1. The average Bonchev–Trinajstić information content (AvgIpc) is 3.13. The van der Waals surface area contributed by atoms with Crippen molar-refractivity contribution < 1.29 is 24.2 Å². The number of likely N-dealkylation sites (N-methyl/N-ethyl adjacent to an activating group) is 1. The summed E-state index contributed by atoms with van der Waals surface area (Å²) in [5.41, 5.74) is -2.27. The van der Waals surface area contributed by atoms with E-state index in [2.05, 4.69) is 34.6 Å². The molecule has 6 atom stereocenters. The van der Waals surface area contributed by atoms with Gasteiger partial charge in [0.1, 0.15) is 11.6 Å². The minimum atomic E-state index is -1.36. The molecular weight excluding hydrogens is 506 g/mol. The molecule has 4 aliphatic rings. The lowest BCUT2D eigenvalue weighted by molar-refractivity contribution is -0.159. The Morgan fingerprint density at radius 2 is 1.60 bits per heavy atom. The van der Waals surface area contributed by atoms with Gasteiger partial charge < -0.3 is 24.5 Å². The van der Waals surface area contributed by atoms with Gasteiger partial charge in [0, 0.05) is 25.7 Å². The van der Waals surface area contributed by atoms with Crippen molar-refractivity contribution in [2.24, 2.45) is 17.3 Å². The van der Waals surface area contributed by atoms with Gasteiger partial charge in [0.2, 0.25) is 17.7 Å². The number of fused-ring (bicyclic) bond motifs is 2. The molecule has 8 heteroatoms. The van der Waals surface area contributed by atoms with Gasteiger partial charge in [0.15, 0.2) is 0 Å². The molecule has 8 nitrogen and oxygen atoms in total. The van der Waals surface area contributed by atoms with Crippen LogP contribution in [0.15, 0.2) is 54.6 Å². The lowest BCUT2D eigenvalue weighted by atomic mass is 9.74. The second-order valence-corrected chi connectivity index (χ2v) is 13.9. The lowest BCUT2D eigenvalue weighted by Gasteiger charge is -2.45. The SMILES string of the molecule is CN1CC=C[C@@]2(C)O[C@]34C=CCN(C(C)(C)CC(C)(C)C)C(=O)C3N([C@H](CO)c3ccccc3)C(=O)[C@@H]4[C@H]2C1=O. The van der Waals surface area contributed by atoms with Gasteiger partial charge in [0.05, 0.1) is 30.1 Å². The number of nitrogens with zero attached hydrogens (tertiary/aromatic N) is 3. The summed E-state index contributed by atoms with van der Waals surface area (Å²) in [6, 6.07) is 7.47. The molecule has 1 aromatic rings. The molecule has 1 unspecified atom stereocenters. The summed E-state index contributed by atoms with van der Waals surface area (Å²) in [7, 11) is 1.73. The summed E-state index contributed by atoms with van der Waals surface area (Å²) < 4.78 is 6.90. The number of hydrogen-bond acceptors (Lipinski definition) is 5. The van der Waals surface area contributed by atoms with Crippen LogP contribution in [0.4, 0.5) is 0 Å². The van der Waals surface area contributed by atoms with Gasteiger partial charge in [-0.05, 0) is 38.2 Å². The summed E-state index contributed by atoms with van der Waals surface area (Å²) in [6.45, 7) is 12.8. The Balaban J connectivity index is 1.70. The highest BCUT2D eigenvalue weighted by Gasteiger charge is 2.75. The van der Waals surface area contributed by atoms with Gasteiger partial charge in [-0.2, -0.15) is 0 Å². The first-order valence-corrected chi connectivity index (χ1v) is 14.3. The van der Waals surface area contributed by atoms with Crippen molar-refractivity contribution in [1.82, 2.24) is 14.7 Å². The number of amides is 3. The Hall–Kier alpha value is -2.97. The molecule has 0 saturated carbocycles. The zero-order valence-electron chi connectivity index (χ0n) is 24.8. The Labute approximate surface area is 237 Å².